The predicted molar refractivity (Wildman–Crippen MR) is 99.3 cm³/mol. The Kier molecular flexibility index (Phi) is 8.73. The van der Waals surface area contributed by atoms with Crippen molar-refractivity contribution in [2.45, 2.75) is 44.7 Å². The van der Waals surface area contributed by atoms with Crippen molar-refractivity contribution in [3.63, 3.8) is 0 Å². The Morgan fingerprint density at radius 2 is 2.00 bits per heavy atom. The summed E-state index contributed by atoms with van der Waals surface area (Å²) in [6, 6.07) is 10.00. The van der Waals surface area contributed by atoms with Gasteiger partial charge in [-0.2, -0.15) is 0 Å². The van der Waals surface area contributed by atoms with Gasteiger partial charge >= 0.3 is 0 Å². The predicted octanol–water partition coefficient (Wildman–Crippen LogP) is 1.71. The lowest BCUT2D eigenvalue weighted by Crippen LogP contribution is -2.52. The van der Waals surface area contributed by atoms with Crippen LogP contribution in [0, 0.1) is 0 Å². The molecular formula is C17H27ClN2O3S. The number of rotatable bonds is 7. The molecule has 1 aromatic carbocycles. The number of carbonyl (C=O) groups is 1. The molecule has 136 valence electrons. The van der Waals surface area contributed by atoms with E-state index < -0.39 is 15.6 Å². The molecule has 1 aliphatic heterocycles. The number of hydrogen-bond acceptors (Lipinski definition) is 4. The van der Waals surface area contributed by atoms with Crippen molar-refractivity contribution in [3.05, 3.63) is 35.9 Å². The highest BCUT2D eigenvalue weighted by atomic mass is 35.5. The molecule has 24 heavy (non-hydrogen) atoms. The minimum Gasteiger partial charge on any atom is -0.351 e. The summed E-state index contributed by atoms with van der Waals surface area (Å²) in [5.41, 5.74) is 1.12. The highest BCUT2D eigenvalue weighted by Gasteiger charge is 2.24. The Hall–Kier alpha value is -1.11. The molecule has 0 aromatic heterocycles. The molecule has 1 amide bonds. The van der Waals surface area contributed by atoms with Gasteiger partial charge < -0.3 is 10.6 Å². The molecule has 0 spiro atoms. The van der Waals surface area contributed by atoms with Crippen LogP contribution in [0.25, 0.3) is 0 Å². The van der Waals surface area contributed by atoms with Crippen molar-refractivity contribution in [2.75, 3.05) is 18.1 Å². The second-order valence-electron chi connectivity index (χ2n) is 6.24. The van der Waals surface area contributed by atoms with E-state index in [9.17, 15) is 13.2 Å². The molecule has 0 saturated carbocycles. The first-order valence-electron chi connectivity index (χ1n) is 8.23. The average Bonchev–Trinajstić information content (AvgIpc) is 2.50. The molecule has 2 rings (SSSR count). The van der Waals surface area contributed by atoms with Gasteiger partial charge in [-0.15, -0.1) is 12.4 Å². The van der Waals surface area contributed by atoms with E-state index in [1.165, 1.54) is 0 Å². The summed E-state index contributed by atoms with van der Waals surface area (Å²) >= 11 is 0. The highest BCUT2D eigenvalue weighted by molar-refractivity contribution is 7.92. The molecule has 2 atom stereocenters. The third-order valence-corrected chi connectivity index (χ3v) is 5.84. The zero-order valence-electron chi connectivity index (χ0n) is 14.0. The molecule has 1 saturated heterocycles. The van der Waals surface area contributed by atoms with Gasteiger partial charge in [0.15, 0.2) is 9.84 Å². The third-order valence-electron chi connectivity index (χ3n) is 4.22. The second-order valence-corrected chi connectivity index (χ2v) is 8.42. The summed E-state index contributed by atoms with van der Waals surface area (Å²) < 4.78 is 24.2. The van der Waals surface area contributed by atoms with E-state index in [-0.39, 0.29) is 36.2 Å². The SMILES string of the molecule is CC1NCCCC1NC(=O)CS(=O)(=O)CCCc1ccccc1.Cl. The van der Waals surface area contributed by atoms with Crippen LogP contribution >= 0.6 is 12.4 Å². The van der Waals surface area contributed by atoms with Crippen molar-refractivity contribution in [2.24, 2.45) is 0 Å². The number of benzene rings is 1. The van der Waals surface area contributed by atoms with Crippen LogP contribution in [0.2, 0.25) is 0 Å². The molecule has 0 aliphatic carbocycles. The van der Waals surface area contributed by atoms with Gasteiger partial charge in [-0.05, 0) is 44.7 Å². The monoisotopic (exact) mass is 374 g/mol. The number of halogens is 1. The van der Waals surface area contributed by atoms with Crippen LogP contribution in [0.3, 0.4) is 0 Å². The summed E-state index contributed by atoms with van der Waals surface area (Å²) in [7, 11) is -3.35. The fraction of sp³-hybridized carbons (Fsp3) is 0.588. The maximum absolute atomic E-state index is 12.1. The maximum Gasteiger partial charge on any atom is 0.235 e. The van der Waals surface area contributed by atoms with Gasteiger partial charge in [0, 0.05) is 12.1 Å². The van der Waals surface area contributed by atoms with E-state index in [2.05, 4.69) is 10.6 Å². The van der Waals surface area contributed by atoms with Gasteiger partial charge in [-0.3, -0.25) is 4.79 Å². The molecule has 0 radical (unpaired) electrons. The topological polar surface area (TPSA) is 75.3 Å². The minimum atomic E-state index is -3.35. The largest absolute Gasteiger partial charge is 0.351 e. The molecule has 1 aliphatic rings. The first-order chi connectivity index (χ1) is 11.0. The third kappa shape index (κ3) is 7.20. The molecular weight excluding hydrogens is 348 g/mol. The molecule has 1 aromatic rings. The quantitative estimate of drug-likeness (QED) is 0.761. The zero-order chi connectivity index (χ0) is 16.7. The Labute approximate surface area is 150 Å². The van der Waals surface area contributed by atoms with Gasteiger partial charge in [0.2, 0.25) is 5.91 Å². The van der Waals surface area contributed by atoms with Crippen LogP contribution in [0.15, 0.2) is 30.3 Å². The Morgan fingerprint density at radius 3 is 2.67 bits per heavy atom. The van der Waals surface area contributed by atoms with Gasteiger partial charge in [-0.25, -0.2) is 8.42 Å². The fourth-order valence-electron chi connectivity index (χ4n) is 2.90. The van der Waals surface area contributed by atoms with E-state index in [0.717, 1.165) is 24.9 Å². The second kappa shape index (κ2) is 10.0. The summed E-state index contributed by atoms with van der Waals surface area (Å²) in [5.74, 6) is -0.746. The molecule has 2 unspecified atom stereocenters. The van der Waals surface area contributed by atoms with Crippen molar-refractivity contribution in [3.8, 4) is 0 Å². The van der Waals surface area contributed by atoms with Crippen LogP contribution in [-0.2, 0) is 21.1 Å². The van der Waals surface area contributed by atoms with Crippen LogP contribution in [0.4, 0.5) is 0 Å². The van der Waals surface area contributed by atoms with Gasteiger partial charge in [0.05, 0.1) is 5.75 Å². The first-order valence-corrected chi connectivity index (χ1v) is 10.1. The fourth-order valence-corrected chi connectivity index (χ4v) is 4.11. The van der Waals surface area contributed by atoms with E-state index >= 15 is 0 Å². The van der Waals surface area contributed by atoms with Crippen LogP contribution < -0.4 is 10.6 Å². The summed E-state index contributed by atoms with van der Waals surface area (Å²) in [5, 5.41) is 6.14. The molecule has 0 bridgehead atoms. The van der Waals surface area contributed by atoms with Crippen LogP contribution in [0.5, 0.6) is 0 Å². The number of nitrogens with one attached hydrogen (secondary N) is 2. The number of carbonyl (C=O) groups excluding carboxylic acids is 1. The zero-order valence-corrected chi connectivity index (χ0v) is 15.7. The minimum absolute atomic E-state index is 0. The maximum atomic E-state index is 12.1. The first kappa shape index (κ1) is 20.9. The lowest BCUT2D eigenvalue weighted by atomic mass is 10.00. The lowest BCUT2D eigenvalue weighted by molar-refractivity contribution is -0.119. The number of hydrogen-bond donors (Lipinski definition) is 2. The number of piperidine rings is 1. The Morgan fingerprint density at radius 1 is 1.29 bits per heavy atom. The highest BCUT2D eigenvalue weighted by Crippen LogP contribution is 2.09. The van der Waals surface area contributed by atoms with Crippen molar-refractivity contribution in [1.82, 2.24) is 10.6 Å². The summed E-state index contributed by atoms with van der Waals surface area (Å²) in [6.07, 6.45) is 3.15. The van der Waals surface area contributed by atoms with E-state index in [4.69, 9.17) is 0 Å². The van der Waals surface area contributed by atoms with E-state index in [0.29, 0.717) is 12.8 Å². The summed E-state index contributed by atoms with van der Waals surface area (Å²) in [6.45, 7) is 2.96. The van der Waals surface area contributed by atoms with Gasteiger partial charge in [0.25, 0.3) is 0 Å². The van der Waals surface area contributed by atoms with Crippen LogP contribution in [-0.4, -0.2) is 44.5 Å². The Bertz CT molecular complexity index is 608. The van der Waals surface area contributed by atoms with Crippen LogP contribution in [0.1, 0.15) is 31.7 Å². The van der Waals surface area contributed by atoms with E-state index in [1.54, 1.807) is 0 Å². The standard InChI is InChI=1S/C17H26N2O3S.ClH/c1-14-16(10-5-11-18-14)19-17(20)13-23(21,22)12-6-9-15-7-3-2-4-8-15;/h2-4,7-8,14,16,18H,5-6,9-13H2,1H3,(H,19,20);1H. The molecule has 7 heteroatoms. The number of amides is 1. The lowest BCUT2D eigenvalue weighted by Gasteiger charge is -2.30. The molecule has 1 heterocycles. The number of aryl methyl sites for hydroxylation is 1. The molecule has 1 fully saturated rings. The smallest absolute Gasteiger partial charge is 0.235 e. The number of sulfone groups is 1. The van der Waals surface area contributed by atoms with Gasteiger partial charge in [-0.1, -0.05) is 30.3 Å². The Balaban J connectivity index is 0.00000288. The van der Waals surface area contributed by atoms with Crippen molar-refractivity contribution in [1.29, 1.82) is 0 Å². The van der Waals surface area contributed by atoms with Gasteiger partial charge in [0.1, 0.15) is 5.75 Å². The average molecular weight is 375 g/mol. The molecule has 2 N–H and O–H groups in total. The van der Waals surface area contributed by atoms with Crippen molar-refractivity contribution >= 4 is 28.2 Å². The van der Waals surface area contributed by atoms with E-state index in [1.807, 2.05) is 37.3 Å². The normalized spacial score (nSPS) is 20.9. The summed E-state index contributed by atoms with van der Waals surface area (Å²) in [4.78, 5) is 12.0. The molecule has 5 nitrogen and oxygen atoms in total. The van der Waals surface area contributed by atoms with Crippen molar-refractivity contribution < 1.29 is 13.2 Å².